The Hall–Kier alpha value is -2.03. The van der Waals surface area contributed by atoms with Crippen LogP contribution in [0.5, 0.6) is 0 Å². The molecule has 1 fully saturated rings. The van der Waals surface area contributed by atoms with Crippen molar-refractivity contribution < 1.29 is 13.6 Å². The molecule has 1 aliphatic rings. The molecule has 0 saturated heterocycles. The van der Waals surface area contributed by atoms with E-state index < -0.39 is 17.4 Å². The van der Waals surface area contributed by atoms with E-state index in [1.807, 2.05) is 12.1 Å². The number of benzene rings is 2. The number of ketones is 1. The Bertz CT molecular complexity index is 643. The van der Waals surface area contributed by atoms with Crippen molar-refractivity contribution in [2.75, 3.05) is 0 Å². The van der Waals surface area contributed by atoms with Crippen LogP contribution in [-0.2, 0) is 0 Å². The van der Waals surface area contributed by atoms with E-state index in [9.17, 15) is 13.6 Å². The van der Waals surface area contributed by atoms with Gasteiger partial charge in [0, 0.05) is 5.56 Å². The van der Waals surface area contributed by atoms with E-state index in [4.69, 9.17) is 0 Å². The molecule has 1 saturated carbocycles. The smallest absolute Gasteiger partial charge is 0.196 e. The lowest BCUT2D eigenvalue weighted by atomic mass is 9.80. The molecular weight excluding hydrogens is 258 g/mol. The molecule has 0 N–H and O–H groups in total. The Kier molecular flexibility index (Phi) is 3.35. The van der Waals surface area contributed by atoms with Crippen LogP contribution in [0.4, 0.5) is 8.78 Å². The van der Waals surface area contributed by atoms with Crippen molar-refractivity contribution in [1.29, 1.82) is 0 Å². The van der Waals surface area contributed by atoms with Crippen LogP contribution in [0.2, 0.25) is 0 Å². The van der Waals surface area contributed by atoms with Gasteiger partial charge in [0.2, 0.25) is 0 Å². The minimum atomic E-state index is -1.08. The first-order valence-corrected chi connectivity index (χ1v) is 6.75. The summed E-state index contributed by atoms with van der Waals surface area (Å²) < 4.78 is 26.8. The summed E-state index contributed by atoms with van der Waals surface area (Å²) in [6.45, 7) is 0. The van der Waals surface area contributed by atoms with Gasteiger partial charge in [0.15, 0.2) is 17.4 Å². The van der Waals surface area contributed by atoms with Crippen molar-refractivity contribution in [3.8, 4) is 0 Å². The van der Waals surface area contributed by atoms with E-state index >= 15 is 0 Å². The number of halogens is 2. The van der Waals surface area contributed by atoms with Gasteiger partial charge < -0.3 is 0 Å². The maximum atomic E-state index is 13.6. The molecule has 0 radical (unpaired) electrons. The Labute approximate surface area is 116 Å². The average molecular weight is 272 g/mol. The summed E-state index contributed by atoms with van der Waals surface area (Å²) in [6, 6.07) is 10.9. The minimum Gasteiger partial charge on any atom is -0.288 e. The lowest BCUT2D eigenvalue weighted by Gasteiger charge is -2.25. The highest BCUT2D eigenvalue weighted by atomic mass is 19.2. The molecule has 1 nitrogen and oxygen atoms in total. The molecular formula is C17H14F2O. The van der Waals surface area contributed by atoms with Crippen molar-refractivity contribution in [2.24, 2.45) is 0 Å². The van der Waals surface area contributed by atoms with Crippen LogP contribution in [0.15, 0.2) is 42.5 Å². The zero-order valence-corrected chi connectivity index (χ0v) is 10.9. The van der Waals surface area contributed by atoms with E-state index in [1.165, 1.54) is 37.0 Å². The van der Waals surface area contributed by atoms with Gasteiger partial charge in [0.25, 0.3) is 0 Å². The molecule has 20 heavy (non-hydrogen) atoms. The molecule has 0 spiro atoms. The highest BCUT2D eigenvalue weighted by molar-refractivity contribution is 6.09. The third kappa shape index (κ3) is 2.24. The van der Waals surface area contributed by atoms with Crippen molar-refractivity contribution in [3.05, 3.63) is 70.8 Å². The van der Waals surface area contributed by atoms with Gasteiger partial charge in [-0.25, -0.2) is 8.78 Å². The molecule has 0 amide bonds. The maximum Gasteiger partial charge on any atom is 0.196 e. The molecule has 0 aliphatic heterocycles. The molecule has 0 heterocycles. The van der Waals surface area contributed by atoms with Crippen molar-refractivity contribution in [2.45, 2.75) is 25.2 Å². The summed E-state index contributed by atoms with van der Waals surface area (Å²) in [5.41, 5.74) is 1.38. The standard InChI is InChI=1S/C17H14F2O/c18-15-6-2-5-14(16(15)19)17(20)13-9-7-12(8-10-13)11-3-1-4-11/h2,5-11H,1,3-4H2. The molecule has 3 heteroatoms. The summed E-state index contributed by atoms with van der Waals surface area (Å²) in [4.78, 5) is 12.2. The summed E-state index contributed by atoms with van der Waals surface area (Å²) in [5, 5.41) is 0. The number of hydrogen-bond donors (Lipinski definition) is 0. The van der Waals surface area contributed by atoms with E-state index in [1.54, 1.807) is 12.1 Å². The number of rotatable bonds is 3. The van der Waals surface area contributed by atoms with Gasteiger partial charge in [-0.15, -0.1) is 0 Å². The average Bonchev–Trinajstić information content (AvgIpc) is 2.40. The summed E-state index contributed by atoms with van der Waals surface area (Å²) in [6.07, 6.45) is 3.62. The SMILES string of the molecule is O=C(c1ccc(C2CCC2)cc1)c1cccc(F)c1F. The van der Waals surface area contributed by atoms with Gasteiger partial charge in [-0.1, -0.05) is 36.8 Å². The Balaban J connectivity index is 1.88. The van der Waals surface area contributed by atoms with Crippen LogP contribution in [0, 0.1) is 11.6 Å². The van der Waals surface area contributed by atoms with Crippen molar-refractivity contribution in [3.63, 3.8) is 0 Å². The Morgan fingerprint density at radius 3 is 2.30 bits per heavy atom. The second kappa shape index (κ2) is 5.16. The predicted octanol–water partition coefficient (Wildman–Crippen LogP) is 4.46. The predicted molar refractivity (Wildman–Crippen MR) is 72.8 cm³/mol. The normalized spacial score (nSPS) is 14.9. The third-order valence-corrected chi connectivity index (χ3v) is 3.95. The Morgan fingerprint density at radius 1 is 1.00 bits per heavy atom. The van der Waals surface area contributed by atoms with E-state index in [2.05, 4.69) is 0 Å². The summed E-state index contributed by atoms with van der Waals surface area (Å²) in [5.74, 6) is -1.98. The van der Waals surface area contributed by atoms with Crippen LogP contribution in [0.3, 0.4) is 0 Å². The fourth-order valence-electron chi connectivity index (χ4n) is 2.48. The lowest BCUT2D eigenvalue weighted by Crippen LogP contribution is -2.10. The molecule has 2 aromatic rings. The highest BCUT2D eigenvalue weighted by Crippen LogP contribution is 2.36. The highest BCUT2D eigenvalue weighted by Gasteiger charge is 2.20. The number of carbonyl (C=O) groups excluding carboxylic acids is 1. The van der Waals surface area contributed by atoms with E-state index in [0.29, 0.717) is 11.5 Å². The summed E-state index contributed by atoms with van der Waals surface area (Å²) in [7, 11) is 0. The van der Waals surface area contributed by atoms with Crippen LogP contribution < -0.4 is 0 Å². The lowest BCUT2D eigenvalue weighted by molar-refractivity contribution is 0.103. The number of hydrogen-bond acceptors (Lipinski definition) is 1. The molecule has 2 aromatic carbocycles. The maximum absolute atomic E-state index is 13.6. The minimum absolute atomic E-state index is 0.221. The summed E-state index contributed by atoms with van der Waals surface area (Å²) >= 11 is 0. The van der Waals surface area contributed by atoms with Crippen LogP contribution >= 0.6 is 0 Å². The number of carbonyl (C=O) groups is 1. The molecule has 0 unspecified atom stereocenters. The fraction of sp³-hybridized carbons (Fsp3) is 0.235. The third-order valence-electron chi connectivity index (χ3n) is 3.95. The zero-order chi connectivity index (χ0) is 14.1. The molecule has 3 rings (SSSR count). The monoisotopic (exact) mass is 272 g/mol. The van der Waals surface area contributed by atoms with E-state index in [-0.39, 0.29) is 5.56 Å². The first-order valence-electron chi connectivity index (χ1n) is 6.75. The quantitative estimate of drug-likeness (QED) is 0.754. The molecule has 0 bridgehead atoms. The van der Waals surface area contributed by atoms with E-state index in [0.717, 1.165) is 6.07 Å². The first kappa shape index (κ1) is 13.0. The van der Waals surface area contributed by atoms with Crippen LogP contribution in [-0.4, -0.2) is 5.78 Å². The van der Waals surface area contributed by atoms with Gasteiger partial charge in [-0.3, -0.25) is 4.79 Å². The van der Waals surface area contributed by atoms with Crippen molar-refractivity contribution >= 4 is 5.78 Å². The van der Waals surface area contributed by atoms with Gasteiger partial charge in [0.1, 0.15) is 0 Å². The van der Waals surface area contributed by atoms with Crippen molar-refractivity contribution in [1.82, 2.24) is 0 Å². The first-order chi connectivity index (χ1) is 9.66. The molecule has 0 atom stereocenters. The second-order valence-corrected chi connectivity index (χ2v) is 5.18. The van der Waals surface area contributed by atoms with Gasteiger partial charge in [-0.2, -0.15) is 0 Å². The van der Waals surface area contributed by atoms with Gasteiger partial charge in [0.05, 0.1) is 5.56 Å². The topological polar surface area (TPSA) is 17.1 Å². The molecule has 1 aliphatic carbocycles. The van der Waals surface area contributed by atoms with Gasteiger partial charge in [-0.05, 0) is 36.5 Å². The largest absolute Gasteiger partial charge is 0.288 e. The Morgan fingerprint density at radius 2 is 1.70 bits per heavy atom. The van der Waals surface area contributed by atoms with Gasteiger partial charge >= 0.3 is 0 Å². The van der Waals surface area contributed by atoms with Crippen LogP contribution in [0.1, 0.15) is 46.7 Å². The fourth-order valence-corrected chi connectivity index (χ4v) is 2.48. The van der Waals surface area contributed by atoms with Crippen LogP contribution in [0.25, 0.3) is 0 Å². The zero-order valence-electron chi connectivity index (χ0n) is 10.9. The molecule has 102 valence electrons. The molecule has 0 aromatic heterocycles. The second-order valence-electron chi connectivity index (χ2n) is 5.18.